The second-order valence-corrected chi connectivity index (χ2v) is 9.45. The first-order valence-electron chi connectivity index (χ1n) is 10.6. The summed E-state index contributed by atoms with van der Waals surface area (Å²) in [5.74, 6) is 1.85. The molecule has 4 aliphatic rings. The van der Waals surface area contributed by atoms with Crippen molar-refractivity contribution in [3.63, 3.8) is 0 Å². The minimum Gasteiger partial charge on any atom is -0.393 e. The summed E-state index contributed by atoms with van der Waals surface area (Å²) in [6.45, 7) is 2.41. The minimum absolute atomic E-state index is 0.0263. The van der Waals surface area contributed by atoms with Crippen LogP contribution < -0.4 is 0 Å². The van der Waals surface area contributed by atoms with Crippen molar-refractivity contribution in [2.24, 2.45) is 28.6 Å². The maximum Gasteiger partial charge on any atom is 0.0577 e. The van der Waals surface area contributed by atoms with Crippen LogP contribution in [0, 0.1) is 34.0 Å². The summed E-state index contributed by atoms with van der Waals surface area (Å²) in [5.41, 5.74) is 4.11. The number of rotatable bonds is 2. The molecule has 0 spiro atoms. The van der Waals surface area contributed by atoms with E-state index in [0.717, 1.165) is 38.5 Å². The molecule has 27 heavy (non-hydrogen) atoms. The third-order valence-electron chi connectivity index (χ3n) is 8.56. The van der Waals surface area contributed by atoms with E-state index in [1.54, 1.807) is 0 Å². The second kappa shape index (κ2) is 6.13. The molecule has 2 saturated carbocycles. The third-order valence-corrected chi connectivity index (χ3v) is 8.56. The number of nitrogens with one attached hydrogen (secondary N) is 1. The zero-order valence-electron chi connectivity index (χ0n) is 16.2. The van der Waals surface area contributed by atoms with Crippen molar-refractivity contribution < 1.29 is 5.11 Å². The van der Waals surface area contributed by atoms with Crippen molar-refractivity contribution in [3.8, 4) is 0 Å². The molecule has 3 heteroatoms. The second-order valence-electron chi connectivity index (χ2n) is 9.45. The monoisotopic (exact) mass is 362 g/mol. The van der Waals surface area contributed by atoms with Crippen LogP contribution in [0.25, 0.3) is 5.57 Å². The maximum atomic E-state index is 10.1. The summed E-state index contributed by atoms with van der Waals surface area (Å²) in [4.78, 5) is 4.36. The number of hydrogen-bond donors (Lipinski definition) is 2. The summed E-state index contributed by atoms with van der Waals surface area (Å²) in [6, 6.07) is 4.20. The Morgan fingerprint density at radius 1 is 1.26 bits per heavy atom. The largest absolute Gasteiger partial charge is 0.393 e. The van der Waals surface area contributed by atoms with E-state index < -0.39 is 0 Å². The summed E-state index contributed by atoms with van der Waals surface area (Å²) < 4.78 is 0. The molecule has 0 aliphatic heterocycles. The van der Waals surface area contributed by atoms with Crippen LogP contribution in [0.2, 0.25) is 0 Å². The van der Waals surface area contributed by atoms with Gasteiger partial charge in [0.2, 0.25) is 0 Å². The van der Waals surface area contributed by atoms with Gasteiger partial charge < -0.3 is 10.5 Å². The van der Waals surface area contributed by atoms with Gasteiger partial charge in [0.05, 0.1) is 6.10 Å². The fourth-order valence-corrected chi connectivity index (χ4v) is 7.17. The lowest BCUT2D eigenvalue weighted by Gasteiger charge is -2.58. The van der Waals surface area contributed by atoms with Gasteiger partial charge in [0, 0.05) is 29.4 Å². The number of allylic oxidation sites excluding steroid dienone is 3. The Balaban J connectivity index is 1.54. The molecule has 0 aromatic carbocycles. The van der Waals surface area contributed by atoms with Gasteiger partial charge in [0.25, 0.3) is 0 Å². The van der Waals surface area contributed by atoms with Crippen LogP contribution >= 0.6 is 0 Å². The van der Waals surface area contributed by atoms with Crippen LogP contribution in [0.4, 0.5) is 0 Å². The van der Waals surface area contributed by atoms with Gasteiger partial charge in [-0.3, -0.25) is 4.98 Å². The molecular weight excluding hydrogens is 332 g/mol. The summed E-state index contributed by atoms with van der Waals surface area (Å²) in [6.07, 6.45) is 17.8. The number of aliphatic hydroxyl groups excluding tert-OH is 1. The fourth-order valence-electron chi connectivity index (χ4n) is 7.17. The molecule has 0 bridgehead atoms. The average Bonchev–Trinajstić information content (AvgIpc) is 3.01. The van der Waals surface area contributed by atoms with Crippen LogP contribution in [0.1, 0.15) is 57.4 Å². The molecule has 0 saturated heterocycles. The highest BCUT2D eigenvalue weighted by atomic mass is 16.3. The molecule has 142 valence electrons. The van der Waals surface area contributed by atoms with Crippen molar-refractivity contribution in [2.75, 3.05) is 0 Å². The molecule has 2 N–H and O–H groups in total. The third kappa shape index (κ3) is 2.30. The summed E-state index contributed by atoms with van der Waals surface area (Å²) >= 11 is 0. The van der Waals surface area contributed by atoms with Crippen LogP contribution in [0.15, 0.2) is 42.3 Å². The molecule has 3 nitrogen and oxygen atoms in total. The lowest BCUT2D eigenvalue weighted by molar-refractivity contribution is -0.0145. The van der Waals surface area contributed by atoms with Gasteiger partial charge >= 0.3 is 0 Å². The Labute approximate surface area is 162 Å². The van der Waals surface area contributed by atoms with Gasteiger partial charge in [-0.1, -0.05) is 30.7 Å². The van der Waals surface area contributed by atoms with E-state index in [4.69, 9.17) is 5.41 Å². The quantitative estimate of drug-likeness (QED) is 0.573. The first kappa shape index (κ1) is 17.4. The SMILES string of the molecule is C[C@]12CCC3C4CC[C@H](O)CC4=CC[C@H]3[C@]1(C=N)CC=C2c1cccnc1. The molecule has 2 fully saturated rings. The summed E-state index contributed by atoms with van der Waals surface area (Å²) in [7, 11) is 0. The first-order chi connectivity index (χ1) is 13.1. The smallest absolute Gasteiger partial charge is 0.0577 e. The van der Waals surface area contributed by atoms with Gasteiger partial charge in [0.15, 0.2) is 0 Å². The maximum absolute atomic E-state index is 10.1. The molecule has 1 aromatic heterocycles. The van der Waals surface area contributed by atoms with Crippen molar-refractivity contribution in [1.29, 1.82) is 5.41 Å². The molecule has 2 unspecified atom stereocenters. The van der Waals surface area contributed by atoms with E-state index in [0.29, 0.717) is 17.8 Å². The van der Waals surface area contributed by atoms with Crippen LogP contribution in [0.5, 0.6) is 0 Å². The van der Waals surface area contributed by atoms with E-state index in [-0.39, 0.29) is 16.9 Å². The van der Waals surface area contributed by atoms with Crippen LogP contribution in [-0.2, 0) is 0 Å². The lowest BCUT2D eigenvalue weighted by Crippen LogP contribution is -2.53. The highest BCUT2D eigenvalue weighted by Crippen LogP contribution is 2.69. The minimum atomic E-state index is -0.139. The molecule has 1 aromatic rings. The van der Waals surface area contributed by atoms with Gasteiger partial charge in [-0.05, 0) is 79.9 Å². The molecule has 0 radical (unpaired) electrons. The van der Waals surface area contributed by atoms with Crippen LogP contribution in [-0.4, -0.2) is 22.4 Å². The molecule has 1 heterocycles. The number of aromatic nitrogens is 1. The van der Waals surface area contributed by atoms with E-state index in [9.17, 15) is 5.11 Å². The van der Waals surface area contributed by atoms with Gasteiger partial charge in [-0.15, -0.1) is 0 Å². The van der Waals surface area contributed by atoms with Gasteiger partial charge in [0.1, 0.15) is 0 Å². The molecular formula is C24H30N2O. The van der Waals surface area contributed by atoms with Crippen molar-refractivity contribution in [3.05, 3.63) is 47.8 Å². The van der Waals surface area contributed by atoms with Gasteiger partial charge in [-0.2, -0.15) is 0 Å². The topological polar surface area (TPSA) is 57.0 Å². The number of nitrogens with zero attached hydrogens (tertiary/aromatic N) is 1. The Hall–Kier alpha value is -1.74. The average molecular weight is 363 g/mol. The van der Waals surface area contributed by atoms with Gasteiger partial charge in [-0.25, -0.2) is 0 Å². The van der Waals surface area contributed by atoms with Crippen molar-refractivity contribution in [1.82, 2.24) is 4.98 Å². The van der Waals surface area contributed by atoms with E-state index in [1.165, 1.54) is 23.1 Å². The van der Waals surface area contributed by atoms with Crippen molar-refractivity contribution in [2.45, 2.75) is 58.0 Å². The molecule has 4 aliphatic carbocycles. The lowest BCUT2D eigenvalue weighted by atomic mass is 9.45. The van der Waals surface area contributed by atoms with E-state index in [1.807, 2.05) is 24.7 Å². The zero-order valence-corrected chi connectivity index (χ0v) is 16.2. The summed E-state index contributed by atoms with van der Waals surface area (Å²) in [5, 5.41) is 18.6. The fraction of sp³-hybridized carbons (Fsp3) is 0.583. The number of pyridine rings is 1. The molecule has 0 amide bonds. The standard InChI is InChI=1S/C24H30N2O/c1-23-10-8-20-19-6-5-18(27)13-16(19)4-7-22(20)24(23,15-25)11-9-21(23)17-3-2-12-26-14-17/h2-4,9,12,14-15,18-20,22,25,27H,5-8,10-11,13H2,1H3/t18-,19?,20?,22+,23+,24+/m0/s1. The van der Waals surface area contributed by atoms with Crippen molar-refractivity contribution >= 4 is 11.8 Å². The Kier molecular flexibility index (Phi) is 3.94. The number of hydrogen-bond acceptors (Lipinski definition) is 3. The first-order valence-corrected chi connectivity index (χ1v) is 10.6. The normalized spacial score (nSPS) is 43.0. The zero-order chi connectivity index (χ0) is 18.6. The molecule has 5 rings (SSSR count). The predicted octanol–water partition coefficient (Wildman–Crippen LogP) is 5.03. The number of fused-ring (bicyclic) bond motifs is 5. The van der Waals surface area contributed by atoms with E-state index in [2.05, 4.69) is 30.1 Å². The predicted molar refractivity (Wildman–Crippen MR) is 108 cm³/mol. The highest BCUT2D eigenvalue weighted by Gasteiger charge is 2.61. The van der Waals surface area contributed by atoms with E-state index >= 15 is 0 Å². The number of aliphatic hydroxyl groups is 1. The highest BCUT2D eigenvalue weighted by molar-refractivity contribution is 5.82. The Morgan fingerprint density at radius 2 is 2.15 bits per heavy atom. The van der Waals surface area contributed by atoms with Crippen LogP contribution in [0.3, 0.4) is 0 Å². The molecule has 6 atom stereocenters. The Morgan fingerprint density at radius 3 is 2.93 bits per heavy atom. The Bertz CT molecular complexity index is 813.